The lowest BCUT2D eigenvalue weighted by Crippen LogP contribution is -2.26. The van der Waals surface area contributed by atoms with E-state index < -0.39 is 0 Å². The molecule has 4 rings (SSSR count). The first-order valence-corrected chi connectivity index (χ1v) is 8.17. The summed E-state index contributed by atoms with van der Waals surface area (Å²) in [7, 11) is 0. The largest absolute Gasteiger partial charge is 0.347 e. The van der Waals surface area contributed by atoms with E-state index in [1.165, 1.54) is 0 Å². The molecule has 0 atom stereocenters. The Hall–Kier alpha value is -3.40. The van der Waals surface area contributed by atoms with E-state index in [1.807, 2.05) is 78.9 Å². The molecule has 2 amide bonds. The van der Waals surface area contributed by atoms with Gasteiger partial charge in [0, 0.05) is 16.9 Å². The van der Waals surface area contributed by atoms with Gasteiger partial charge in [0.05, 0.1) is 6.54 Å². The number of fused-ring (bicyclic) bond motifs is 1. The number of hydrogen-bond acceptors (Lipinski definition) is 1. The summed E-state index contributed by atoms with van der Waals surface area (Å²) in [6.45, 7) is 0.706. The van der Waals surface area contributed by atoms with Crippen molar-refractivity contribution in [1.29, 1.82) is 0 Å². The van der Waals surface area contributed by atoms with E-state index >= 15 is 0 Å². The lowest BCUT2D eigenvalue weighted by atomic mass is 10.1. The summed E-state index contributed by atoms with van der Waals surface area (Å²) >= 11 is 0. The summed E-state index contributed by atoms with van der Waals surface area (Å²) in [6.07, 6.45) is 0. The number of para-hydroxylation sites is 2. The number of amides is 2. The summed E-state index contributed by atoms with van der Waals surface area (Å²) in [5.41, 5.74) is 3.91. The molecule has 25 heavy (non-hydrogen) atoms. The van der Waals surface area contributed by atoms with Crippen molar-refractivity contribution in [2.75, 3.05) is 10.2 Å². The van der Waals surface area contributed by atoms with E-state index in [-0.39, 0.29) is 6.03 Å². The Morgan fingerprint density at radius 1 is 0.840 bits per heavy atom. The first kappa shape index (κ1) is 15.1. The van der Waals surface area contributed by atoms with Crippen LogP contribution in [0.2, 0.25) is 0 Å². The molecule has 122 valence electrons. The van der Waals surface area contributed by atoms with Gasteiger partial charge >= 0.3 is 6.03 Å². The fourth-order valence-corrected chi connectivity index (χ4v) is 2.98. The van der Waals surface area contributed by atoms with Crippen molar-refractivity contribution in [1.82, 2.24) is 0 Å². The molecule has 4 heteroatoms. The van der Waals surface area contributed by atoms with Crippen LogP contribution >= 0.6 is 0 Å². The lowest BCUT2D eigenvalue weighted by molar-refractivity contribution is 0.259. The first-order chi connectivity index (χ1) is 12.3. The van der Waals surface area contributed by atoms with Gasteiger partial charge in [-0.05, 0) is 29.8 Å². The number of carbonyl (C=O) groups is 1. The summed E-state index contributed by atoms with van der Waals surface area (Å²) in [6, 6.07) is 27.0. The average Bonchev–Trinajstić information content (AvgIpc) is 3.02. The second-order valence-corrected chi connectivity index (χ2v) is 5.81. The number of nitrogens with one attached hydrogen (secondary N) is 1. The Morgan fingerprint density at radius 3 is 2.24 bits per heavy atom. The SMILES string of the molecule is O=C(/N=C1\c2ccccc2CN1c1ccccc1)Nc1ccccc1. The van der Waals surface area contributed by atoms with Crippen molar-refractivity contribution < 1.29 is 4.79 Å². The van der Waals surface area contributed by atoms with E-state index in [4.69, 9.17) is 0 Å². The summed E-state index contributed by atoms with van der Waals surface area (Å²) in [5, 5.41) is 2.82. The number of rotatable bonds is 2. The minimum atomic E-state index is -0.376. The van der Waals surface area contributed by atoms with Gasteiger partial charge in [-0.3, -0.25) is 0 Å². The topological polar surface area (TPSA) is 44.7 Å². The van der Waals surface area contributed by atoms with Gasteiger partial charge in [0.2, 0.25) is 0 Å². The smallest absolute Gasteiger partial charge is 0.321 e. The Labute approximate surface area is 146 Å². The summed E-state index contributed by atoms with van der Waals surface area (Å²) in [4.78, 5) is 18.9. The van der Waals surface area contributed by atoms with Gasteiger partial charge in [-0.25, -0.2) is 4.79 Å². The number of anilines is 2. The van der Waals surface area contributed by atoms with E-state index in [9.17, 15) is 4.79 Å². The van der Waals surface area contributed by atoms with Crippen molar-refractivity contribution in [2.24, 2.45) is 4.99 Å². The normalized spacial score (nSPS) is 14.4. The zero-order chi connectivity index (χ0) is 17.1. The molecule has 0 radical (unpaired) electrons. The molecule has 1 aliphatic heterocycles. The van der Waals surface area contributed by atoms with Crippen LogP contribution in [0.25, 0.3) is 0 Å². The average molecular weight is 327 g/mol. The zero-order valence-electron chi connectivity index (χ0n) is 13.6. The number of urea groups is 1. The van der Waals surface area contributed by atoms with E-state index in [0.717, 1.165) is 22.5 Å². The van der Waals surface area contributed by atoms with Crippen molar-refractivity contribution >= 4 is 23.2 Å². The number of amidine groups is 1. The maximum Gasteiger partial charge on any atom is 0.347 e. The van der Waals surface area contributed by atoms with Crippen LogP contribution in [0, 0.1) is 0 Å². The lowest BCUT2D eigenvalue weighted by Gasteiger charge is -2.19. The third kappa shape index (κ3) is 3.15. The maximum absolute atomic E-state index is 12.4. The molecule has 0 fully saturated rings. The molecule has 0 spiro atoms. The third-order valence-corrected chi connectivity index (χ3v) is 4.14. The van der Waals surface area contributed by atoms with Crippen LogP contribution in [0.1, 0.15) is 11.1 Å². The number of aliphatic imine (C=N–C) groups is 1. The van der Waals surface area contributed by atoms with Crippen molar-refractivity contribution in [3.05, 3.63) is 96.1 Å². The van der Waals surface area contributed by atoms with Gasteiger partial charge in [0.15, 0.2) is 0 Å². The first-order valence-electron chi connectivity index (χ1n) is 8.17. The second-order valence-electron chi connectivity index (χ2n) is 5.81. The molecule has 0 saturated heterocycles. The summed E-state index contributed by atoms with van der Waals surface area (Å²) in [5.74, 6) is 0.676. The molecule has 1 heterocycles. The van der Waals surface area contributed by atoms with Gasteiger partial charge in [-0.2, -0.15) is 4.99 Å². The molecule has 0 aromatic heterocycles. The highest BCUT2D eigenvalue weighted by atomic mass is 16.2. The fourth-order valence-electron chi connectivity index (χ4n) is 2.98. The van der Waals surface area contributed by atoms with E-state index in [1.54, 1.807) is 0 Å². The van der Waals surface area contributed by atoms with Crippen LogP contribution in [-0.4, -0.2) is 11.9 Å². The maximum atomic E-state index is 12.4. The highest BCUT2D eigenvalue weighted by Gasteiger charge is 2.27. The van der Waals surface area contributed by atoms with Crippen LogP contribution < -0.4 is 10.2 Å². The molecule has 1 N–H and O–H groups in total. The van der Waals surface area contributed by atoms with Gasteiger partial charge in [-0.15, -0.1) is 0 Å². The monoisotopic (exact) mass is 327 g/mol. The molecule has 0 unspecified atom stereocenters. The van der Waals surface area contributed by atoms with Crippen LogP contribution in [0.4, 0.5) is 16.2 Å². The van der Waals surface area contributed by atoms with Crippen molar-refractivity contribution in [3.63, 3.8) is 0 Å². The van der Waals surface area contributed by atoms with E-state index in [2.05, 4.69) is 21.3 Å². The van der Waals surface area contributed by atoms with E-state index in [0.29, 0.717) is 12.4 Å². The fraction of sp³-hybridized carbons (Fsp3) is 0.0476. The molecule has 3 aromatic rings. The molecule has 0 aliphatic carbocycles. The number of carbonyl (C=O) groups excluding carboxylic acids is 1. The molecular formula is C21H17N3O. The van der Waals surface area contributed by atoms with Gasteiger partial charge in [-0.1, -0.05) is 60.7 Å². The molecular weight excluding hydrogens is 310 g/mol. The third-order valence-electron chi connectivity index (χ3n) is 4.14. The highest BCUT2D eigenvalue weighted by Crippen LogP contribution is 2.28. The number of hydrogen-bond donors (Lipinski definition) is 1. The van der Waals surface area contributed by atoms with Crippen LogP contribution in [-0.2, 0) is 6.54 Å². The standard InChI is InChI=1S/C21H17N3O/c25-21(22-17-10-3-1-4-11-17)23-20-19-14-8-7-9-16(19)15-24(20)18-12-5-2-6-13-18/h1-14H,15H2,(H,22,25)/b23-20+. The Kier molecular flexibility index (Phi) is 4.01. The van der Waals surface area contributed by atoms with Gasteiger partial charge in [0.25, 0.3) is 0 Å². The molecule has 4 nitrogen and oxygen atoms in total. The Morgan fingerprint density at radius 2 is 1.48 bits per heavy atom. The molecule has 1 aliphatic rings. The zero-order valence-corrected chi connectivity index (χ0v) is 13.6. The van der Waals surface area contributed by atoms with Crippen molar-refractivity contribution in [3.8, 4) is 0 Å². The molecule has 0 saturated carbocycles. The van der Waals surface area contributed by atoms with Crippen molar-refractivity contribution in [2.45, 2.75) is 6.54 Å². The minimum Gasteiger partial charge on any atom is -0.321 e. The predicted octanol–water partition coefficient (Wildman–Crippen LogP) is 4.69. The predicted molar refractivity (Wildman–Crippen MR) is 101 cm³/mol. The summed E-state index contributed by atoms with van der Waals surface area (Å²) < 4.78 is 0. The Bertz CT molecular complexity index is 920. The van der Waals surface area contributed by atoms with Crippen LogP contribution in [0.15, 0.2) is 89.9 Å². The van der Waals surface area contributed by atoms with Crippen LogP contribution in [0.5, 0.6) is 0 Å². The minimum absolute atomic E-state index is 0.376. The van der Waals surface area contributed by atoms with Crippen LogP contribution in [0.3, 0.4) is 0 Å². The molecule has 3 aromatic carbocycles. The number of benzene rings is 3. The van der Waals surface area contributed by atoms with Gasteiger partial charge < -0.3 is 10.2 Å². The second kappa shape index (κ2) is 6.61. The number of nitrogens with zero attached hydrogens (tertiary/aromatic N) is 2. The van der Waals surface area contributed by atoms with Gasteiger partial charge in [0.1, 0.15) is 5.84 Å². The quantitative estimate of drug-likeness (QED) is 0.742. The Balaban J connectivity index is 1.69. The molecule has 0 bridgehead atoms. The highest BCUT2D eigenvalue weighted by molar-refractivity contribution is 6.17.